The Morgan fingerprint density at radius 1 is 1.41 bits per heavy atom. The second-order valence-corrected chi connectivity index (χ2v) is 4.91. The summed E-state index contributed by atoms with van der Waals surface area (Å²) in [5.74, 6) is -0.468. The average Bonchev–Trinajstić information content (AvgIpc) is 2.73. The van der Waals surface area contributed by atoms with Gasteiger partial charge in [0, 0.05) is 16.8 Å². The maximum absolute atomic E-state index is 12.9. The largest absolute Gasteiger partial charge is 0.347 e. The number of halogens is 1. The van der Waals surface area contributed by atoms with Crippen molar-refractivity contribution in [2.45, 2.75) is 11.4 Å². The normalized spacial score (nSPS) is 10.2. The van der Waals surface area contributed by atoms with Crippen molar-refractivity contribution in [1.82, 2.24) is 5.32 Å². The Balaban J connectivity index is 1.97. The molecule has 0 aliphatic rings. The van der Waals surface area contributed by atoms with Gasteiger partial charge >= 0.3 is 0 Å². The topological polar surface area (TPSA) is 29.1 Å². The number of rotatable bonds is 3. The molecule has 0 bridgehead atoms. The molecular weight excluding hydrogens is 257 g/mol. The SMILES string of the molecule is O=C(NCc1cccc(F)c1)c1cc(S)cs1. The highest BCUT2D eigenvalue weighted by Gasteiger charge is 2.07. The average molecular weight is 267 g/mol. The lowest BCUT2D eigenvalue weighted by Gasteiger charge is -2.03. The third kappa shape index (κ3) is 3.31. The van der Waals surface area contributed by atoms with Gasteiger partial charge < -0.3 is 5.32 Å². The van der Waals surface area contributed by atoms with Gasteiger partial charge in [-0.3, -0.25) is 4.79 Å². The van der Waals surface area contributed by atoms with E-state index in [0.717, 1.165) is 10.5 Å². The molecule has 0 spiro atoms. The minimum Gasteiger partial charge on any atom is -0.347 e. The van der Waals surface area contributed by atoms with Crippen molar-refractivity contribution in [3.8, 4) is 0 Å². The van der Waals surface area contributed by atoms with Crippen LogP contribution < -0.4 is 5.32 Å². The Morgan fingerprint density at radius 3 is 2.88 bits per heavy atom. The van der Waals surface area contributed by atoms with Gasteiger partial charge in [-0.05, 0) is 23.8 Å². The Bertz CT molecular complexity index is 539. The molecule has 0 saturated carbocycles. The van der Waals surface area contributed by atoms with Crippen LogP contribution in [0.1, 0.15) is 15.2 Å². The second kappa shape index (κ2) is 5.33. The van der Waals surface area contributed by atoms with Gasteiger partial charge in [0.15, 0.2) is 0 Å². The molecule has 2 aromatic rings. The number of hydrogen-bond donors (Lipinski definition) is 2. The number of carbonyl (C=O) groups excluding carboxylic acids is 1. The summed E-state index contributed by atoms with van der Waals surface area (Å²) in [6.45, 7) is 0.316. The molecule has 1 aromatic carbocycles. The fourth-order valence-corrected chi connectivity index (χ4v) is 2.43. The summed E-state index contributed by atoms with van der Waals surface area (Å²) in [6, 6.07) is 7.86. The minimum absolute atomic E-state index is 0.167. The Morgan fingerprint density at radius 2 is 2.24 bits per heavy atom. The molecule has 2 rings (SSSR count). The monoisotopic (exact) mass is 267 g/mol. The second-order valence-electron chi connectivity index (χ2n) is 3.48. The van der Waals surface area contributed by atoms with Crippen molar-refractivity contribution in [2.24, 2.45) is 0 Å². The molecular formula is C12H10FNOS2. The van der Waals surface area contributed by atoms with Crippen molar-refractivity contribution in [3.63, 3.8) is 0 Å². The van der Waals surface area contributed by atoms with E-state index >= 15 is 0 Å². The third-order valence-corrected chi connectivity index (χ3v) is 3.51. The van der Waals surface area contributed by atoms with E-state index in [0.29, 0.717) is 11.4 Å². The van der Waals surface area contributed by atoms with Crippen molar-refractivity contribution in [1.29, 1.82) is 0 Å². The molecule has 0 fully saturated rings. The number of hydrogen-bond acceptors (Lipinski definition) is 3. The fourth-order valence-electron chi connectivity index (χ4n) is 1.36. The maximum atomic E-state index is 12.9. The first-order chi connectivity index (χ1) is 8.15. The van der Waals surface area contributed by atoms with E-state index in [2.05, 4.69) is 17.9 Å². The zero-order valence-corrected chi connectivity index (χ0v) is 10.5. The molecule has 0 unspecified atom stereocenters. The van der Waals surface area contributed by atoms with E-state index in [4.69, 9.17) is 0 Å². The Hall–Kier alpha value is -1.33. The Kier molecular flexibility index (Phi) is 3.81. The van der Waals surface area contributed by atoms with Crippen molar-refractivity contribution >= 4 is 29.9 Å². The summed E-state index contributed by atoms with van der Waals surface area (Å²) in [7, 11) is 0. The van der Waals surface area contributed by atoms with Crippen LogP contribution in [0.15, 0.2) is 40.6 Å². The van der Waals surface area contributed by atoms with E-state index in [1.165, 1.54) is 23.5 Å². The van der Waals surface area contributed by atoms with Gasteiger partial charge in [0.2, 0.25) is 0 Å². The highest BCUT2D eigenvalue weighted by molar-refractivity contribution is 7.80. The molecule has 88 valence electrons. The van der Waals surface area contributed by atoms with E-state index in [9.17, 15) is 9.18 Å². The quantitative estimate of drug-likeness (QED) is 0.822. The first-order valence-electron chi connectivity index (χ1n) is 4.95. The van der Waals surface area contributed by atoms with E-state index in [-0.39, 0.29) is 11.7 Å². The molecule has 1 amide bonds. The van der Waals surface area contributed by atoms with E-state index < -0.39 is 0 Å². The fraction of sp³-hybridized carbons (Fsp3) is 0.0833. The van der Waals surface area contributed by atoms with Gasteiger partial charge in [-0.2, -0.15) is 0 Å². The van der Waals surface area contributed by atoms with Gasteiger partial charge in [0.1, 0.15) is 5.82 Å². The van der Waals surface area contributed by atoms with Crippen molar-refractivity contribution in [2.75, 3.05) is 0 Å². The summed E-state index contributed by atoms with van der Waals surface area (Å²) in [5.41, 5.74) is 0.737. The summed E-state index contributed by atoms with van der Waals surface area (Å²) >= 11 is 5.47. The van der Waals surface area contributed by atoms with Crippen molar-refractivity contribution < 1.29 is 9.18 Å². The van der Waals surface area contributed by atoms with Crippen LogP contribution in [0.4, 0.5) is 4.39 Å². The van der Waals surface area contributed by atoms with Crippen LogP contribution in [0.2, 0.25) is 0 Å². The summed E-state index contributed by atoms with van der Waals surface area (Å²) in [4.78, 5) is 13.1. The van der Waals surface area contributed by atoms with Crippen LogP contribution in [-0.4, -0.2) is 5.91 Å². The van der Waals surface area contributed by atoms with Crippen LogP contribution in [0.5, 0.6) is 0 Å². The summed E-state index contributed by atoms with van der Waals surface area (Å²) < 4.78 is 12.9. The molecule has 1 N–H and O–H groups in total. The number of benzene rings is 1. The zero-order chi connectivity index (χ0) is 12.3. The highest BCUT2D eigenvalue weighted by Crippen LogP contribution is 2.17. The summed E-state index contributed by atoms with van der Waals surface area (Å²) in [6.07, 6.45) is 0. The lowest BCUT2D eigenvalue weighted by atomic mass is 10.2. The van der Waals surface area contributed by atoms with Crippen molar-refractivity contribution in [3.05, 3.63) is 52.0 Å². The van der Waals surface area contributed by atoms with Gasteiger partial charge in [0.25, 0.3) is 5.91 Å². The first kappa shape index (κ1) is 12.1. The molecule has 1 heterocycles. The number of carbonyl (C=O) groups is 1. The van der Waals surface area contributed by atoms with E-state index in [1.807, 2.05) is 0 Å². The molecule has 0 atom stereocenters. The molecule has 0 aliphatic carbocycles. The standard InChI is InChI=1S/C12H10FNOS2/c13-9-3-1-2-8(4-9)6-14-12(15)11-5-10(16)7-17-11/h1-5,7,16H,6H2,(H,14,15). The van der Waals surface area contributed by atoms with E-state index in [1.54, 1.807) is 23.6 Å². The molecule has 0 aliphatic heterocycles. The molecule has 2 nitrogen and oxygen atoms in total. The van der Waals surface area contributed by atoms with Gasteiger partial charge in [-0.25, -0.2) is 4.39 Å². The van der Waals surface area contributed by atoms with Crippen LogP contribution in [0, 0.1) is 5.82 Å². The molecule has 0 saturated heterocycles. The smallest absolute Gasteiger partial charge is 0.261 e. The maximum Gasteiger partial charge on any atom is 0.261 e. The number of thiol groups is 1. The highest BCUT2D eigenvalue weighted by atomic mass is 32.1. The van der Waals surface area contributed by atoms with Crippen LogP contribution >= 0.6 is 24.0 Å². The van der Waals surface area contributed by atoms with Gasteiger partial charge in [0.05, 0.1) is 4.88 Å². The van der Waals surface area contributed by atoms with Crippen LogP contribution in [0.3, 0.4) is 0 Å². The molecule has 5 heteroatoms. The Labute approximate surface area is 108 Å². The van der Waals surface area contributed by atoms with Crippen LogP contribution in [-0.2, 0) is 6.54 Å². The molecule has 1 aromatic heterocycles. The minimum atomic E-state index is -0.300. The zero-order valence-electron chi connectivity index (χ0n) is 8.81. The molecule has 0 radical (unpaired) electrons. The summed E-state index contributed by atoms with van der Waals surface area (Å²) in [5, 5.41) is 4.52. The van der Waals surface area contributed by atoms with Crippen LogP contribution in [0.25, 0.3) is 0 Å². The number of amides is 1. The first-order valence-corrected chi connectivity index (χ1v) is 6.28. The number of thiophene rings is 1. The number of nitrogens with one attached hydrogen (secondary N) is 1. The third-order valence-electron chi connectivity index (χ3n) is 2.15. The van der Waals surface area contributed by atoms with Gasteiger partial charge in [-0.1, -0.05) is 12.1 Å². The predicted molar refractivity (Wildman–Crippen MR) is 69.1 cm³/mol. The lowest BCUT2D eigenvalue weighted by molar-refractivity contribution is 0.0955. The van der Waals surface area contributed by atoms with Gasteiger partial charge in [-0.15, -0.1) is 24.0 Å². The predicted octanol–water partition coefficient (Wildman–Crippen LogP) is 3.11. The molecule has 17 heavy (non-hydrogen) atoms. The lowest BCUT2D eigenvalue weighted by Crippen LogP contribution is -2.21.